The minimum Gasteiger partial charge on any atom is -0.367 e. The summed E-state index contributed by atoms with van der Waals surface area (Å²) in [5.41, 5.74) is 8.48. The van der Waals surface area contributed by atoms with Gasteiger partial charge in [-0.3, -0.25) is 0 Å². The van der Waals surface area contributed by atoms with Crippen molar-refractivity contribution < 1.29 is 0 Å². The zero-order valence-electron chi connectivity index (χ0n) is 13.0. The lowest BCUT2D eigenvalue weighted by Gasteiger charge is -2.31. The summed E-state index contributed by atoms with van der Waals surface area (Å²) in [6, 6.07) is 13.6. The Morgan fingerprint density at radius 3 is 2.62 bits per heavy atom. The second kappa shape index (κ2) is 6.04. The summed E-state index contributed by atoms with van der Waals surface area (Å²) in [6.07, 6.45) is 1.22. The van der Waals surface area contributed by atoms with E-state index in [1.54, 1.807) is 0 Å². The molecular formula is C18H25N3. The Balaban J connectivity index is 2.07. The van der Waals surface area contributed by atoms with Gasteiger partial charge in [0.1, 0.15) is 0 Å². The number of hydrogen-bond acceptors (Lipinski definition) is 3. The van der Waals surface area contributed by atoms with Crippen molar-refractivity contribution in [2.45, 2.75) is 25.9 Å². The summed E-state index contributed by atoms with van der Waals surface area (Å²) >= 11 is 0. The molecule has 0 saturated carbocycles. The van der Waals surface area contributed by atoms with Crippen molar-refractivity contribution in [2.75, 3.05) is 31.6 Å². The molecule has 2 aromatic carbocycles. The zero-order valence-corrected chi connectivity index (χ0v) is 13.0. The molecule has 1 atom stereocenters. The van der Waals surface area contributed by atoms with E-state index in [0.717, 1.165) is 13.1 Å². The molecule has 0 aliphatic carbocycles. The summed E-state index contributed by atoms with van der Waals surface area (Å²) in [5, 5.41) is 2.62. The van der Waals surface area contributed by atoms with E-state index in [0.29, 0.717) is 12.6 Å². The van der Waals surface area contributed by atoms with Gasteiger partial charge in [0.25, 0.3) is 0 Å². The van der Waals surface area contributed by atoms with Gasteiger partial charge >= 0.3 is 0 Å². The minimum absolute atomic E-state index is 0.532. The van der Waals surface area contributed by atoms with Crippen LogP contribution >= 0.6 is 0 Å². The quantitative estimate of drug-likeness (QED) is 0.920. The fourth-order valence-corrected chi connectivity index (χ4v) is 3.50. The molecule has 3 nitrogen and oxygen atoms in total. The Bertz CT molecular complexity index is 623. The van der Waals surface area contributed by atoms with Gasteiger partial charge in [-0.05, 0) is 44.0 Å². The largest absolute Gasteiger partial charge is 0.367 e. The van der Waals surface area contributed by atoms with Crippen molar-refractivity contribution in [3.8, 4) is 0 Å². The highest BCUT2D eigenvalue weighted by molar-refractivity contribution is 5.96. The van der Waals surface area contributed by atoms with Gasteiger partial charge < -0.3 is 15.5 Å². The van der Waals surface area contributed by atoms with E-state index < -0.39 is 0 Å². The second-order valence-corrected chi connectivity index (χ2v) is 6.15. The van der Waals surface area contributed by atoms with Crippen molar-refractivity contribution in [3.63, 3.8) is 0 Å². The van der Waals surface area contributed by atoms with E-state index in [-0.39, 0.29) is 0 Å². The molecule has 1 unspecified atom stereocenters. The molecule has 3 rings (SSSR count). The van der Waals surface area contributed by atoms with Crippen LogP contribution in [0.15, 0.2) is 36.4 Å². The van der Waals surface area contributed by atoms with Crippen LogP contribution in [0.1, 0.15) is 18.9 Å². The maximum Gasteiger partial charge on any atom is 0.0448 e. The zero-order chi connectivity index (χ0) is 14.8. The summed E-state index contributed by atoms with van der Waals surface area (Å²) in [5.74, 6) is 0. The van der Waals surface area contributed by atoms with Gasteiger partial charge in [-0.1, -0.05) is 30.3 Å². The molecule has 1 aliphatic heterocycles. The van der Waals surface area contributed by atoms with E-state index in [2.05, 4.69) is 60.2 Å². The smallest absolute Gasteiger partial charge is 0.0448 e. The Morgan fingerprint density at radius 1 is 1.10 bits per heavy atom. The molecule has 0 amide bonds. The molecule has 0 aromatic heterocycles. The Hall–Kier alpha value is -1.58. The molecule has 0 radical (unpaired) electrons. The molecule has 2 aromatic rings. The third kappa shape index (κ3) is 2.76. The Kier molecular flexibility index (Phi) is 4.13. The monoisotopic (exact) mass is 283 g/mol. The van der Waals surface area contributed by atoms with Crippen molar-refractivity contribution >= 4 is 16.5 Å². The highest BCUT2D eigenvalue weighted by Gasteiger charge is 2.21. The fraction of sp³-hybridized carbons (Fsp3) is 0.444. The third-order valence-corrected chi connectivity index (χ3v) is 4.57. The molecular weight excluding hydrogens is 258 g/mol. The molecule has 21 heavy (non-hydrogen) atoms. The number of fused-ring (bicyclic) bond motifs is 1. The van der Waals surface area contributed by atoms with E-state index >= 15 is 0 Å². The molecule has 1 saturated heterocycles. The molecule has 1 heterocycles. The number of nitrogens with zero attached hydrogens (tertiary/aromatic N) is 2. The maximum absolute atomic E-state index is 5.89. The number of anilines is 1. The summed E-state index contributed by atoms with van der Waals surface area (Å²) < 4.78 is 0. The number of nitrogens with two attached hydrogens (primary N) is 1. The first-order valence-electron chi connectivity index (χ1n) is 7.86. The first kappa shape index (κ1) is 14.4. The van der Waals surface area contributed by atoms with E-state index in [4.69, 9.17) is 5.73 Å². The molecule has 1 fully saturated rings. The van der Waals surface area contributed by atoms with Crippen LogP contribution in [0, 0.1) is 0 Å². The predicted octanol–water partition coefficient (Wildman–Crippen LogP) is 2.83. The second-order valence-electron chi connectivity index (χ2n) is 6.15. The van der Waals surface area contributed by atoms with Gasteiger partial charge in [0.2, 0.25) is 0 Å². The highest BCUT2D eigenvalue weighted by Crippen LogP contribution is 2.31. The van der Waals surface area contributed by atoms with Crippen LogP contribution in [0.5, 0.6) is 0 Å². The van der Waals surface area contributed by atoms with E-state index in [9.17, 15) is 0 Å². The standard InChI is InChI=1S/C18H25N3/c1-14-13-20(2)10-5-11-21(14)18-9-8-15(12-19)16-6-3-4-7-17(16)18/h3-4,6-9,14H,5,10-13,19H2,1-2H3. The van der Waals surface area contributed by atoms with Crippen LogP contribution in [0.3, 0.4) is 0 Å². The van der Waals surface area contributed by atoms with Crippen LogP contribution in [0.2, 0.25) is 0 Å². The van der Waals surface area contributed by atoms with Gasteiger partial charge in [-0.2, -0.15) is 0 Å². The van der Waals surface area contributed by atoms with Gasteiger partial charge in [0.15, 0.2) is 0 Å². The lowest BCUT2D eigenvalue weighted by molar-refractivity contribution is 0.337. The van der Waals surface area contributed by atoms with Crippen LogP contribution < -0.4 is 10.6 Å². The maximum atomic E-state index is 5.89. The summed E-state index contributed by atoms with van der Waals surface area (Å²) in [7, 11) is 2.22. The average molecular weight is 283 g/mol. The minimum atomic E-state index is 0.532. The van der Waals surface area contributed by atoms with Gasteiger partial charge in [0, 0.05) is 36.7 Å². The topological polar surface area (TPSA) is 32.5 Å². The highest BCUT2D eigenvalue weighted by atomic mass is 15.2. The molecule has 112 valence electrons. The average Bonchev–Trinajstić information content (AvgIpc) is 2.66. The van der Waals surface area contributed by atoms with Crippen LogP contribution in [0.4, 0.5) is 5.69 Å². The van der Waals surface area contributed by atoms with Gasteiger partial charge in [0.05, 0.1) is 0 Å². The molecule has 2 N–H and O–H groups in total. The predicted molar refractivity (Wildman–Crippen MR) is 90.8 cm³/mol. The number of benzene rings is 2. The Labute approximate surface area is 127 Å². The van der Waals surface area contributed by atoms with Crippen LogP contribution in [-0.4, -0.2) is 37.6 Å². The lowest BCUT2D eigenvalue weighted by atomic mass is 10.0. The van der Waals surface area contributed by atoms with Gasteiger partial charge in [-0.25, -0.2) is 0 Å². The van der Waals surface area contributed by atoms with Crippen molar-refractivity contribution in [1.29, 1.82) is 0 Å². The SMILES string of the molecule is CC1CN(C)CCCN1c1ccc(CN)c2ccccc12. The summed E-state index contributed by atoms with van der Waals surface area (Å²) in [6.45, 7) is 6.34. The number of likely N-dealkylation sites (N-methyl/N-ethyl adjacent to an activating group) is 1. The normalized spacial score (nSPS) is 20.7. The first-order chi connectivity index (χ1) is 10.2. The van der Waals surface area contributed by atoms with Crippen LogP contribution in [0.25, 0.3) is 10.8 Å². The van der Waals surface area contributed by atoms with Crippen molar-refractivity contribution in [3.05, 3.63) is 42.0 Å². The molecule has 1 aliphatic rings. The van der Waals surface area contributed by atoms with E-state index in [1.807, 2.05) is 0 Å². The van der Waals surface area contributed by atoms with E-state index in [1.165, 1.54) is 35.0 Å². The van der Waals surface area contributed by atoms with Crippen molar-refractivity contribution in [2.24, 2.45) is 5.73 Å². The molecule has 0 bridgehead atoms. The molecule has 3 heteroatoms. The Morgan fingerprint density at radius 2 is 1.86 bits per heavy atom. The first-order valence-corrected chi connectivity index (χ1v) is 7.86. The molecule has 0 spiro atoms. The van der Waals surface area contributed by atoms with Crippen LogP contribution in [-0.2, 0) is 6.54 Å². The number of hydrogen-bond donors (Lipinski definition) is 1. The van der Waals surface area contributed by atoms with Gasteiger partial charge in [-0.15, -0.1) is 0 Å². The number of rotatable bonds is 2. The fourth-order valence-electron chi connectivity index (χ4n) is 3.50. The third-order valence-electron chi connectivity index (χ3n) is 4.57. The summed E-state index contributed by atoms with van der Waals surface area (Å²) in [4.78, 5) is 4.99. The lowest BCUT2D eigenvalue weighted by Crippen LogP contribution is -2.38. The van der Waals surface area contributed by atoms with Crippen molar-refractivity contribution in [1.82, 2.24) is 4.90 Å².